The molecule has 0 atom stereocenters. The van der Waals surface area contributed by atoms with Crippen LogP contribution in [0.3, 0.4) is 0 Å². The summed E-state index contributed by atoms with van der Waals surface area (Å²) in [6.07, 6.45) is 1.60. The lowest BCUT2D eigenvalue weighted by Crippen LogP contribution is -2.14. The molecular weight excluding hydrogens is 296 g/mol. The van der Waals surface area contributed by atoms with E-state index in [1.54, 1.807) is 23.0 Å². The van der Waals surface area contributed by atoms with Gasteiger partial charge >= 0.3 is 0 Å². The summed E-state index contributed by atoms with van der Waals surface area (Å²) < 4.78 is 2.43. The number of anilines is 1. The van der Waals surface area contributed by atoms with E-state index >= 15 is 0 Å². The average molecular weight is 309 g/mol. The molecule has 6 heteroatoms. The van der Waals surface area contributed by atoms with Crippen LogP contribution in [-0.2, 0) is 7.05 Å². The van der Waals surface area contributed by atoms with E-state index in [9.17, 15) is 4.79 Å². The minimum Gasteiger partial charge on any atom is -0.320 e. The lowest BCUT2D eigenvalue weighted by Gasteiger charge is -2.05. The lowest BCUT2D eigenvalue weighted by atomic mass is 10.2. The van der Waals surface area contributed by atoms with Crippen LogP contribution in [0.2, 0.25) is 0 Å². The standard InChI is InChI=1S/C12H13BrN4O/c1-7-11(8(2)17(3)16-7)12(18)15-9-4-5-10(13)14-6-9/h4-6H,1-3H3,(H,15,18). The Morgan fingerprint density at radius 2 is 2.11 bits per heavy atom. The fraction of sp³-hybridized carbons (Fsp3) is 0.250. The van der Waals surface area contributed by atoms with Crippen molar-refractivity contribution in [3.05, 3.63) is 39.9 Å². The number of rotatable bonds is 2. The molecule has 2 rings (SSSR count). The van der Waals surface area contributed by atoms with Gasteiger partial charge in [-0.3, -0.25) is 9.48 Å². The second-order valence-corrected chi connectivity index (χ2v) is 4.81. The largest absolute Gasteiger partial charge is 0.320 e. The van der Waals surface area contributed by atoms with Gasteiger partial charge in [0.2, 0.25) is 0 Å². The predicted molar refractivity (Wildman–Crippen MR) is 72.6 cm³/mol. The third-order valence-corrected chi connectivity index (χ3v) is 3.19. The van der Waals surface area contributed by atoms with E-state index in [-0.39, 0.29) is 5.91 Å². The molecule has 94 valence electrons. The summed E-state index contributed by atoms with van der Waals surface area (Å²) in [6, 6.07) is 3.56. The Bertz CT molecular complexity index is 589. The van der Waals surface area contributed by atoms with Crippen LogP contribution in [0.15, 0.2) is 22.9 Å². The van der Waals surface area contributed by atoms with Gasteiger partial charge in [0.1, 0.15) is 4.60 Å². The smallest absolute Gasteiger partial charge is 0.259 e. The number of aromatic nitrogens is 3. The molecule has 0 radical (unpaired) electrons. The lowest BCUT2D eigenvalue weighted by molar-refractivity contribution is 0.102. The number of hydrogen-bond donors (Lipinski definition) is 1. The molecule has 2 heterocycles. The summed E-state index contributed by atoms with van der Waals surface area (Å²) in [7, 11) is 1.82. The highest BCUT2D eigenvalue weighted by Crippen LogP contribution is 2.16. The minimum absolute atomic E-state index is 0.165. The molecule has 0 spiro atoms. The Kier molecular flexibility index (Phi) is 3.47. The maximum atomic E-state index is 12.2. The van der Waals surface area contributed by atoms with Crippen molar-refractivity contribution in [3.63, 3.8) is 0 Å². The molecule has 0 saturated carbocycles. The first-order chi connectivity index (χ1) is 8.49. The Balaban J connectivity index is 2.24. The number of aryl methyl sites for hydroxylation is 2. The molecule has 0 unspecified atom stereocenters. The number of carbonyl (C=O) groups excluding carboxylic acids is 1. The monoisotopic (exact) mass is 308 g/mol. The molecular formula is C12H13BrN4O. The minimum atomic E-state index is -0.165. The van der Waals surface area contributed by atoms with Gasteiger partial charge in [0.15, 0.2) is 0 Å². The molecule has 0 bridgehead atoms. The molecule has 5 nitrogen and oxygen atoms in total. The predicted octanol–water partition coefficient (Wildman–Crippen LogP) is 2.45. The number of pyridine rings is 1. The molecule has 0 fully saturated rings. The van der Waals surface area contributed by atoms with Crippen molar-refractivity contribution >= 4 is 27.5 Å². The highest BCUT2D eigenvalue weighted by Gasteiger charge is 2.17. The van der Waals surface area contributed by atoms with Gasteiger partial charge in [-0.25, -0.2) is 4.98 Å². The third kappa shape index (κ3) is 2.43. The molecule has 2 aromatic heterocycles. The van der Waals surface area contributed by atoms with E-state index < -0.39 is 0 Å². The van der Waals surface area contributed by atoms with Gasteiger partial charge in [0, 0.05) is 12.7 Å². The summed E-state index contributed by atoms with van der Waals surface area (Å²) >= 11 is 3.25. The maximum Gasteiger partial charge on any atom is 0.259 e. The van der Waals surface area contributed by atoms with Gasteiger partial charge in [0.25, 0.3) is 5.91 Å². The van der Waals surface area contributed by atoms with E-state index in [0.717, 1.165) is 16.0 Å². The number of hydrogen-bond acceptors (Lipinski definition) is 3. The third-order valence-electron chi connectivity index (χ3n) is 2.72. The van der Waals surface area contributed by atoms with Crippen LogP contribution in [-0.4, -0.2) is 20.7 Å². The van der Waals surface area contributed by atoms with Crippen LogP contribution in [0.4, 0.5) is 5.69 Å². The zero-order chi connectivity index (χ0) is 13.3. The van der Waals surface area contributed by atoms with Gasteiger partial charge in [-0.1, -0.05) is 0 Å². The van der Waals surface area contributed by atoms with E-state index in [1.807, 2.05) is 20.9 Å². The Hall–Kier alpha value is -1.69. The quantitative estimate of drug-likeness (QED) is 0.867. The molecule has 0 aliphatic rings. The van der Waals surface area contributed by atoms with Gasteiger partial charge in [-0.2, -0.15) is 5.10 Å². The van der Waals surface area contributed by atoms with Crippen LogP contribution in [0.5, 0.6) is 0 Å². The molecule has 18 heavy (non-hydrogen) atoms. The number of halogens is 1. The highest BCUT2D eigenvalue weighted by atomic mass is 79.9. The molecule has 0 aromatic carbocycles. The van der Waals surface area contributed by atoms with E-state index in [4.69, 9.17) is 0 Å². The van der Waals surface area contributed by atoms with Gasteiger partial charge in [-0.15, -0.1) is 0 Å². The van der Waals surface area contributed by atoms with Crippen molar-refractivity contribution < 1.29 is 4.79 Å². The maximum absolute atomic E-state index is 12.2. The van der Waals surface area contributed by atoms with Crippen LogP contribution in [0.25, 0.3) is 0 Å². The first kappa shape index (κ1) is 12.8. The molecule has 0 aliphatic carbocycles. The number of nitrogens with zero attached hydrogens (tertiary/aromatic N) is 3. The summed E-state index contributed by atoms with van der Waals surface area (Å²) in [4.78, 5) is 16.2. The number of amides is 1. The zero-order valence-corrected chi connectivity index (χ0v) is 11.9. The normalized spacial score (nSPS) is 10.4. The summed E-state index contributed by atoms with van der Waals surface area (Å²) in [5, 5.41) is 7.02. The van der Waals surface area contributed by atoms with E-state index in [1.165, 1.54) is 0 Å². The van der Waals surface area contributed by atoms with Gasteiger partial charge in [-0.05, 0) is 41.9 Å². The van der Waals surface area contributed by atoms with Gasteiger partial charge < -0.3 is 5.32 Å². The fourth-order valence-corrected chi connectivity index (χ4v) is 1.98. The van der Waals surface area contributed by atoms with Crippen molar-refractivity contribution in [1.82, 2.24) is 14.8 Å². The van der Waals surface area contributed by atoms with Crippen molar-refractivity contribution in [3.8, 4) is 0 Å². The Morgan fingerprint density at radius 3 is 2.61 bits per heavy atom. The summed E-state index contributed by atoms with van der Waals surface area (Å²) in [5.41, 5.74) is 2.83. The summed E-state index contributed by atoms with van der Waals surface area (Å²) in [5.74, 6) is -0.165. The SMILES string of the molecule is Cc1nn(C)c(C)c1C(=O)Nc1ccc(Br)nc1. The van der Waals surface area contributed by atoms with Crippen LogP contribution in [0.1, 0.15) is 21.7 Å². The Morgan fingerprint density at radius 1 is 1.39 bits per heavy atom. The second kappa shape index (κ2) is 4.89. The van der Waals surface area contributed by atoms with E-state index in [2.05, 4.69) is 31.3 Å². The zero-order valence-electron chi connectivity index (χ0n) is 10.4. The molecule has 2 aromatic rings. The van der Waals surface area contributed by atoms with Crippen LogP contribution in [0, 0.1) is 13.8 Å². The van der Waals surface area contributed by atoms with E-state index in [0.29, 0.717) is 11.3 Å². The van der Waals surface area contributed by atoms with Crippen molar-refractivity contribution in [2.75, 3.05) is 5.32 Å². The van der Waals surface area contributed by atoms with Crippen LogP contribution < -0.4 is 5.32 Å². The molecule has 0 aliphatic heterocycles. The van der Waals surface area contributed by atoms with Crippen molar-refractivity contribution in [2.24, 2.45) is 7.05 Å². The Labute approximate surface area is 113 Å². The molecule has 1 amide bonds. The van der Waals surface area contributed by atoms with Crippen LogP contribution >= 0.6 is 15.9 Å². The first-order valence-corrected chi connectivity index (χ1v) is 6.21. The molecule has 0 saturated heterocycles. The highest BCUT2D eigenvalue weighted by molar-refractivity contribution is 9.10. The number of carbonyl (C=O) groups is 1. The van der Waals surface area contributed by atoms with Crippen molar-refractivity contribution in [2.45, 2.75) is 13.8 Å². The molecule has 1 N–H and O–H groups in total. The first-order valence-electron chi connectivity index (χ1n) is 5.42. The second-order valence-electron chi connectivity index (χ2n) is 3.99. The topological polar surface area (TPSA) is 59.8 Å². The average Bonchev–Trinajstić information content (AvgIpc) is 2.56. The summed E-state index contributed by atoms with van der Waals surface area (Å²) in [6.45, 7) is 3.69. The van der Waals surface area contributed by atoms with Gasteiger partial charge in [0.05, 0.1) is 23.1 Å². The van der Waals surface area contributed by atoms with Crippen molar-refractivity contribution in [1.29, 1.82) is 0 Å². The number of nitrogens with one attached hydrogen (secondary N) is 1. The fourth-order valence-electron chi connectivity index (χ4n) is 1.75.